The van der Waals surface area contributed by atoms with Gasteiger partial charge in [-0.2, -0.15) is 5.10 Å². The van der Waals surface area contributed by atoms with Gasteiger partial charge in [0.05, 0.1) is 33.2 Å². The van der Waals surface area contributed by atoms with Crippen LogP contribution in [0.2, 0.25) is 0 Å². The van der Waals surface area contributed by atoms with Gasteiger partial charge < -0.3 is 19.5 Å². The maximum absolute atomic E-state index is 13.1. The molecule has 0 atom stereocenters. The van der Waals surface area contributed by atoms with Crippen LogP contribution in [0.25, 0.3) is 16.7 Å². The summed E-state index contributed by atoms with van der Waals surface area (Å²) >= 11 is 0. The Morgan fingerprint density at radius 1 is 1.03 bits per heavy atom. The molecule has 0 bridgehead atoms. The van der Waals surface area contributed by atoms with Crippen molar-refractivity contribution in [2.24, 2.45) is 0 Å². The molecule has 4 aromatic rings. The predicted molar refractivity (Wildman–Crippen MR) is 127 cm³/mol. The zero-order valence-corrected chi connectivity index (χ0v) is 19.4. The first-order valence-electron chi connectivity index (χ1n) is 10.6. The topological polar surface area (TPSA) is 110 Å². The number of anilines is 1. The number of fused-ring (bicyclic) bond motifs is 1. The molecule has 10 nitrogen and oxygen atoms in total. The van der Waals surface area contributed by atoms with E-state index >= 15 is 0 Å². The predicted octanol–water partition coefficient (Wildman–Crippen LogP) is 2.95. The minimum atomic E-state index is -0.277. The number of hydrogen-bond donors (Lipinski definition) is 1. The van der Waals surface area contributed by atoms with E-state index in [4.69, 9.17) is 14.2 Å². The molecule has 0 aliphatic heterocycles. The van der Waals surface area contributed by atoms with E-state index in [1.165, 1.54) is 32.1 Å². The quantitative estimate of drug-likeness (QED) is 0.428. The monoisotopic (exact) mass is 463 g/mol. The summed E-state index contributed by atoms with van der Waals surface area (Å²) in [4.78, 5) is 30.3. The second-order valence-electron chi connectivity index (χ2n) is 7.46. The van der Waals surface area contributed by atoms with Crippen molar-refractivity contribution in [3.05, 3.63) is 64.8 Å². The van der Waals surface area contributed by atoms with E-state index in [9.17, 15) is 9.59 Å². The van der Waals surface area contributed by atoms with Crippen molar-refractivity contribution in [3.8, 4) is 22.9 Å². The lowest BCUT2D eigenvalue weighted by molar-refractivity contribution is -0.116. The number of benzene rings is 2. The van der Waals surface area contributed by atoms with Crippen molar-refractivity contribution in [1.29, 1.82) is 0 Å². The molecule has 4 rings (SSSR count). The number of amides is 1. The molecule has 0 spiro atoms. The molecule has 1 N–H and O–H groups in total. The molecule has 2 heterocycles. The molecule has 0 radical (unpaired) electrons. The Balaban J connectivity index is 1.54. The fraction of sp³-hybridized carbons (Fsp3) is 0.250. The Morgan fingerprint density at radius 2 is 1.71 bits per heavy atom. The summed E-state index contributed by atoms with van der Waals surface area (Å²) in [5.41, 5.74) is 1.53. The van der Waals surface area contributed by atoms with Crippen LogP contribution in [0.15, 0.2) is 53.5 Å². The average Bonchev–Trinajstić information content (AvgIpc) is 3.27. The highest BCUT2D eigenvalue weighted by molar-refractivity contribution is 5.91. The van der Waals surface area contributed by atoms with Crippen LogP contribution in [-0.4, -0.2) is 46.6 Å². The van der Waals surface area contributed by atoms with Gasteiger partial charge in [-0.15, -0.1) is 0 Å². The number of nitrogens with zero attached hydrogens (tertiary/aromatic N) is 4. The lowest BCUT2D eigenvalue weighted by Crippen LogP contribution is -2.26. The second kappa shape index (κ2) is 9.65. The van der Waals surface area contributed by atoms with Crippen LogP contribution in [0.4, 0.5) is 5.69 Å². The molecule has 0 unspecified atom stereocenters. The molecule has 0 saturated heterocycles. The molecule has 2 aromatic heterocycles. The van der Waals surface area contributed by atoms with Gasteiger partial charge in [0.2, 0.25) is 11.7 Å². The third-order valence-corrected chi connectivity index (χ3v) is 5.39. The molecular formula is C24H25N5O5. The Hall–Kier alpha value is -4.34. The first-order chi connectivity index (χ1) is 16.5. The van der Waals surface area contributed by atoms with E-state index in [0.29, 0.717) is 39.8 Å². The number of hydrogen-bond acceptors (Lipinski definition) is 7. The Bertz CT molecular complexity index is 1370. The van der Waals surface area contributed by atoms with Crippen molar-refractivity contribution in [2.75, 3.05) is 26.6 Å². The summed E-state index contributed by atoms with van der Waals surface area (Å²) in [5.74, 6) is 1.50. The minimum absolute atomic E-state index is 0.0669. The summed E-state index contributed by atoms with van der Waals surface area (Å²) in [5, 5.41) is 7.53. The van der Waals surface area contributed by atoms with Gasteiger partial charge in [0.25, 0.3) is 5.56 Å². The SMILES string of the molecule is COc1cc(NC(=O)CCn2c(C)nc3c(cnn3-c3ccccc3)c2=O)cc(OC)c1OC. The van der Waals surface area contributed by atoms with Gasteiger partial charge in [0.15, 0.2) is 17.1 Å². The van der Waals surface area contributed by atoms with Gasteiger partial charge in [-0.05, 0) is 19.1 Å². The summed E-state index contributed by atoms with van der Waals surface area (Å²) in [6.45, 7) is 1.90. The third kappa shape index (κ3) is 4.29. The standard InChI is InChI=1S/C24H25N5O5/c1-15-26-23-18(14-25-29(23)17-8-6-5-7-9-17)24(31)28(15)11-10-21(30)27-16-12-19(32-2)22(34-4)20(13-16)33-3/h5-9,12-14H,10-11H2,1-4H3,(H,27,30). The van der Waals surface area contributed by atoms with Crippen LogP contribution in [0.3, 0.4) is 0 Å². The zero-order valence-electron chi connectivity index (χ0n) is 19.4. The maximum Gasteiger partial charge on any atom is 0.264 e. The van der Waals surface area contributed by atoms with Crippen molar-refractivity contribution < 1.29 is 19.0 Å². The van der Waals surface area contributed by atoms with Gasteiger partial charge in [-0.3, -0.25) is 14.2 Å². The van der Waals surface area contributed by atoms with E-state index in [1.807, 2.05) is 30.3 Å². The lowest BCUT2D eigenvalue weighted by Gasteiger charge is -2.15. The number of carbonyl (C=O) groups excluding carboxylic acids is 1. The first-order valence-corrected chi connectivity index (χ1v) is 10.6. The van der Waals surface area contributed by atoms with Crippen molar-refractivity contribution in [2.45, 2.75) is 19.9 Å². The molecule has 0 aliphatic carbocycles. The minimum Gasteiger partial charge on any atom is -0.493 e. The first kappa shape index (κ1) is 22.8. The Kier molecular flexibility index (Phi) is 6.48. The van der Waals surface area contributed by atoms with Crippen LogP contribution < -0.4 is 25.1 Å². The van der Waals surface area contributed by atoms with E-state index < -0.39 is 0 Å². The molecule has 0 saturated carbocycles. The van der Waals surface area contributed by atoms with Crippen molar-refractivity contribution in [3.63, 3.8) is 0 Å². The molecule has 176 valence electrons. The normalized spacial score (nSPS) is 10.8. The molecule has 34 heavy (non-hydrogen) atoms. The lowest BCUT2D eigenvalue weighted by atomic mass is 10.2. The molecule has 10 heteroatoms. The Labute approximate surface area is 195 Å². The van der Waals surface area contributed by atoms with Gasteiger partial charge in [0.1, 0.15) is 11.2 Å². The number of nitrogens with one attached hydrogen (secondary N) is 1. The van der Waals surface area contributed by atoms with Crippen LogP contribution in [0.5, 0.6) is 17.2 Å². The molecular weight excluding hydrogens is 438 g/mol. The number of carbonyl (C=O) groups is 1. The second-order valence-corrected chi connectivity index (χ2v) is 7.46. The molecule has 1 amide bonds. The number of para-hydroxylation sites is 1. The van der Waals surface area contributed by atoms with Crippen LogP contribution >= 0.6 is 0 Å². The number of aryl methyl sites for hydroxylation is 1. The number of rotatable bonds is 8. The van der Waals surface area contributed by atoms with Gasteiger partial charge in [0, 0.05) is 30.8 Å². The van der Waals surface area contributed by atoms with Crippen molar-refractivity contribution >= 4 is 22.6 Å². The van der Waals surface area contributed by atoms with Crippen LogP contribution in [-0.2, 0) is 11.3 Å². The molecule has 0 fully saturated rings. The number of methoxy groups -OCH3 is 3. The van der Waals surface area contributed by atoms with Gasteiger partial charge in [-0.25, -0.2) is 9.67 Å². The zero-order chi connectivity index (χ0) is 24.2. The number of ether oxygens (including phenoxy) is 3. The van der Waals surface area contributed by atoms with E-state index in [-0.39, 0.29) is 24.4 Å². The van der Waals surface area contributed by atoms with Gasteiger partial charge >= 0.3 is 0 Å². The summed E-state index contributed by atoms with van der Waals surface area (Å²) in [7, 11) is 4.51. The smallest absolute Gasteiger partial charge is 0.264 e. The number of aromatic nitrogens is 4. The third-order valence-electron chi connectivity index (χ3n) is 5.39. The molecule has 0 aliphatic rings. The molecule has 2 aromatic carbocycles. The maximum atomic E-state index is 13.1. The summed E-state index contributed by atoms with van der Waals surface area (Å²) < 4.78 is 19.0. The highest BCUT2D eigenvalue weighted by atomic mass is 16.5. The highest BCUT2D eigenvalue weighted by Crippen LogP contribution is 2.39. The van der Waals surface area contributed by atoms with Crippen LogP contribution in [0.1, 0.15) is 12.2 Å². The van der Waals surface area contributed by atoms with Crippen molar-refractivity contribution in [1.82, 2.24) is 19.3 Å². The van der Waals surface area contributed by atoms with E-state index in [1.54, 1.807) is 23.7 Å². The van der Waals surface area contributed by atoms with Gasteiger partial charge in [-0.1, -0.05) is 18.2 Å². The largest absolute Gasteiger partial charge is 0.493 e. The van der Waals surface area contributed by atoms with Crippen LogP contribution in [0, 0.1) is 6.92 Å². The summed E-state index contributed by atoms with van der Waals surface area (Å²) in [6.07, 6.45) is 1.57. The summed E-state index contributed by atoms with van der Waals surface area (Å²) in [6, 6.07) is 12.8. The fourth-order valence-electron chi connectivity index (χ4n) is 3.72. The highest BCUT2D eigenvalue weighted by Gasteiger charge is 2.17. The van der Waals surface area contributed by atoms with E-state index in [2.05, 4.69) is 15.4 Å². The fourth-order valence-corrected chi connectivity index (χ4v) is 3.72. The average molecular weight is 463 g/mol. The Morgan fingerprint density at radius 3 is 2.32 bits per heavy atom. The van der Waals surface area contributed by atoms with E-state index in [0.717, 1.165) is 5.69 Å².